The summed E-state index contributed by atoms with van der Waals surface area (Å²) in [6.07, 6.45) is 1.53. The summed E-state index contributed by atoms with van der Waals surface area (Å²) in [6, 6.07) is 8.77. The number of carbonyl (C=O) groups excluding carboxylic acids is 1. The van der Waals surface area contributed by atoms with Gasteiger partial charge in [0, 0.05) is 22.0 Å². The summed E-state index contributed by atoms with van der Waals surface area (Å²) in [5.74, 6) is -0.236. The standard InChI is InChI=1S/C15H12Cl2N6O/c1-9-6-13(16)12(15(17)19-9)7-14(24)20-10-2-4-11(5-3-10)23-8-18-21-22-23/h2-6,8H,7H2,1H3,(H,20,24). The molecule has 9 heteroatoms. The fourth-order valence-corrected chi connectivity index (χ4v) is 2.79. The maximum atomic E-state index is 12.2. The van der Waals surface area contributed by atoms with Gasteiger partial charge in [-0.05, 0) is 47.7 Å². The van der Waals surface area contributed by atoms with Crippen LogP contribution in [0.4, 0.5) is 5.69 Å². The number of nitrogens with one attached hydrogen (secondary N) is 1. The number of halogens is 2. The van der Waals surface area contributed by atoms with E-state index in [9.17, 15) is 4.79 Å². The number of pyridine rings is 1. The molecule has 0 aliphatic carbocycles. The van der Waals surface area contributed by atoms with Crippen molar-refractivity contribution in [3.05, 3.63) is 58.1 Å². The average Bonchev–Trinajstić information content (AvgIpc) is 3.06. The first-order valence-electron chi connectivity index (χ1n) is 6.98. The van der Waals surface area contributed by atoms with E-state index in [2.05, 4.69) is 25.8 Å². The van der Waals surface area contributed by atoms with Crippen LogP contribution in [0.1, 0.15) is 11.3 Å². The molecule has 0 saturated heterocycles. The molecule has 0 aliphatic heterocycles. The molecule has 24 heavy (non-hydrogen) atoms. The number of aromatic nitrogens is 5. The van der Waals surface area contributed by atoms with Crippen LogP contribution in [-0.2, 0) is 11.2 Å². The molecular weight excluding hydrogens is 351 g/mol. The monoisotopic (exact) mass is 362 g/mol. The Morgan fingerprint density at radius 2 is 2.00 bits per heavy atom. The van der Waals surface area contributed by atoms with Crippen molar-refractivity contribution in [2.45, 2.75) is 13.3 Å². The normalized spacial score (nSPS) is 10.6. The summed E-state index contributed by atoms with van der Waals surface area (Å²) >= 11 is 12.2. The number of benzene rings is 1. The third kappa shape index (κ3) is 3.69. The number of rotatable bonds is 4. The Hall–Kier alpha value is -2.51. The third-order valence-electron chi connectivity index (χ3n) is 3.25. The number of tetrazole rings is 1. The van der Waals surface area contributed by atoms with Crippen molar-refractivity contribution in [3.8, 4) is 5.69 Å². The first kappa shape index (κ1) is 16.4. The first-order valence-corrected chi connectivity index (χ1v) is 7.73. The van der Waals surface area contributed by atoms with Gasteiger partial charge in [0.25, 0.3) is 0 Å². The zero-order valence-corrected chi connectivity index (χ0v) is 14.1. The molecule has 7 nitrogen and oxygen atoms in total. The Bertz CT molecular complexity index is 841. The molecule has 0 fully saturated rings. The third-order valence-corrected chi connectivity index (χ3v) is 3.90. The summed E-state index contributed by atoms with van der Waals surface area (Å²) in [6.45, 7) is 1.79. The molecule has 0 bridgehead atoms. The smallest absolute Gasteiger partial charge is 0.228 e. The number of hydrogen-bond donors (Lipinski definition) is 1. The molecule has 3 aromatic rings. The van der Waals surface area contributed by atoms with Gasteiger partial charge in [0.1, 0.15) is 11.5 Å². The Labute approximate surface area is 147 Å². The molecule has 0 spiro atoms. The van der Waals surface area contributed by atoms with Crippen molar-refractivity contribution < 1.29 is 4.79 Å². The minimum Gasteiger partial charge on any atom is -0.326 e. The van der Waals surface area contributed by atoms with Gasteiger partial charge >= 0.3 is 0 Å². The molecule has 3 rings (SSSR count). The van der Waals surface area contributed by atoms with E-state index in [1.807, 2.05) is 0 Å². The average molecular weight is 363 g/mol. The van der Waals surface area contributed by atoms with E-state index in [1.165, 1.54) is 11.0 Å². The van der Waals surface area contributed by atoms with Gasteiger partial charge in [0.2, 0.25) is 5.91 Å². The van der Waals surface area contributed by atoms with Crippen molar-refractivity contribution >= 4 is 34.8 Å². The zero-order valence-electron chi connectivity index (χ0n) is 12.6. The quantitative estimate of drug-likeness (QED) is 0.721. The van der Waals surface area contributed by atoms with Crippen LogP contribution in [0.3, 0.4) is 0 Å². The molecule has 0 saturated carbocycles. The number of anilines is 1. The molecule has 0 aliphatic rings. The Morgan fingerprint density at radius 1 is 1.25 bits per heavy atom. The topological polar surface area (TPSA) is 85.6 Å². The van der Waals surface area contributed by atoms with Gasteiger partial charge in [-0.25, -0.2) is 9.67 Å². The Balaban J connectivity index is 1.69. The van der Waals surface area contributed by atoms with Crippen molar-refractivity contribution in [1.29, 1.82) is 0 Å². The maximum Gasteiger partial charge on any atom is 0.228 e. The van der Waals surface area contributed by atoms with Gasteiger partial charge in [0.05, 0.1) is 12.1 Å². The second-order valence-electron chi connectivity index (χ2n) is 5.04. The van der Waals surface area contributed by atoms with Gasteiger partial charge < -0.3 is 5.32 Å². The van der Waals surface area contributed by atoms with Crippen molar-refractivity contribution in [2.24, 2.45) is 0 Å². The second-order valence-corrected chi connectivity index (χ2v) is 5.81. The van der Waals surface area contributed by atoms with Gasteiger partial charge in [-0.3, -0.25) is 4.79 Å². The first-order chi connectivity index (χ1) is 11.5. The van der Waals surface area contributed by atoms with E-state index < -0.39 is 0 Å². The molecule has 0 unspecified atom stereocenters. The van der Waals surface area contributed by atoms with Gasteiger partial charge in [-0.1, -0.05) is 23.2 Å². The summed E-state index contributed by atoms with van der Waals surface area (Å²) in [5.41, 5.74) is 2.63. The SMILES string of the molecule is Cc1cc(Cl)c(CC(=O)Nc2ccc(-n3cnnn3)cc2)c(Cl)n1. The van der Waals surface area contributed by atoms with Crippen LogP contribution >= 0.6 is 23.2 Å². The van der Waals surface area contributed by atoms with Crippen molar-refractivity contribution in [2.75, 3.05) is 5.32 Å². The number of aryl methyl sites for hydroxylation is 1. The molecule has 2 aromatic heterocycles. The molecule has 122 valence electrons. The van der Waals surface area contributed by atoms with Crippen LogP contribution < -0.4 is 5.32 Å². The number of nitrogens with zero attached hydrogens (tertiary/aromatic N) is 5. The van der Waals surface area contributed by atoms with E-state index in [4.69, 9.17) is 23.2 Å². The maximum absolute atomic E-state index is 12.2. The van der Waals surface area contributed by atoms with E-state index in [-0.39, 0.29) is 17.5 Å². The lowest BCUT2D eigenvalue weighted by Gasteiger charge is -2.09. The van der Waals surface area contributed by atoms with Crippen LogP contribution in [0.5, 0.6) is 0 Å². The van der Waals surface area contributed by atoms with Crippen LogP contribution in [0.25, 0.3) is 5.69 Å². The van der Waals surface area contributed by atoms with Crippen LogP contribution in [-0.4, -0.2) is 31.1 Å². The number of carbonyl (C=O) groups is 1. The van der Waals surface area contributed by atoms with Gasteiger partial charge in [-0.15, -0.1) is 5.10 Å². The van der Waals surface area contributed by atoms with Crippen molar-refractivity contribution in [3.63, 3.8) is 0 Å². The van der Waals surface area contributed by atoms with E-state index in [0.717, 1.165) is 5.69 Å². The number of hydrogen-bond acceptors (Lipinski definition) is 5. The molecule has 2 heterocycles. The highest BCUT2D eigenvalue weighted by Gasteiger charge is 2.13. The molecule has 0 radical (unpaired) electrons. The summed E-state index contributed by atoms with van der Waals surface area (Å²) in [5, 5.41) is 14.4. The second kappa shape index (κ2) is 6.94. The lowest BCUT2D eigenvalue weighted by Crippen LogP contribution is -2.15. The number of amides is 1. The van der Waals surface area contributed by atoms with Crippen molar-refractivity contribution in [1.82, 2.24) is 25.2 Å². The summed E-state index contributed by atoms with van der Waals surface area (Å²) < 4.78 is 1.52. The molecule has 0 atom stereocenters. The van der Waals surface area contributed by atoms with E-state index in [0.29, 0.717) is 22.0 Å². The van der Waals surface area contributed by atoms with E-state index >= 15 is 0 Å². The van der Waals surface area contributed by atoms with Crippen LogP contribution in [0.15, 0.2) is 36.7 Å². The Kier molecular flexibility index (Phi) is 4.73. The highest BCUT2D eigenvalue weighted by molar-refractivity contribution is 6.35. The van der Waals surface area contributed by atoms with Gasteiger partial charge in [-0.2, -0.15) is 0 Å². The largest absolute Gasteiger partial charge is 0.326 e. The lowest BCUT2D eigenvalue weighted by atomic mass is 10.2. The summed E-state index contributed by atoms with van der Waals surface area (Å²) in [4.78, 5) is 16.3. The predicted molar refractivity (Wildman–Crippen MR) is 90.5 cm³/mol. The molecule has 1 aromatic carbocycles. The summed E-state index contributed by atoms with van der Waals surface area (Å²) in [7, 11) is 0. The fourth-order valence-electron chi connectivity index (χ4n) is 2.12. The Morgan fingerprint density at radius 3 is 2.62 bits per heavy atom. The minimum atomic E-state index is -0.236. The lowest BCUT2D eigenvalue weighted by molar-refractivity contribution is -0.115. The fraction of sp³-hybridized carbons (Fsp3) is 0.133. The zero-order chi connectivity index (χ0) is 17.1. The highest BCUT2D eigenvalue weighted by atomic mass is 35.5. The van der Waals surface area contributed by atoms with Gasteiger partial charge in [0.15, 0.2) is 0 Å². The molecule has 1 N–H and O–H groups in total. The highest BCUT2D eigenvalue weighted by Crippen LogP contribution is 2.24. The molecular formula is C15H12Cl2N6O. The van der Waals surface area contributed by atoms with Crippen LogP contribution in [0, 0.1) is 6.92 Å². The van der Waals surface area contributed by atoms with E-state index in [1.54, 1.807) is 37.3 Å². The predicted octanol–water partition coefficient (Wildman–Crippen LogP) is 2.85. The minimum absolute atomic E-state index is 0.0414. The van der Waals surface area contributed by atoms with Crippen LogP contribution in [0.2, 0.25) is 10.2 Å². The molecule has 1 amide bonds.